The van der Waals surface area contributed by atoms with Gasteiger partial charge in [0.2, 0.25) is 5.55 Å². The first-order valence-corrected chi connectivity index (χ1v) is 6.92. The van der Waals surface area contributed by atoms with E-state index in [0.29, 0.717) is 16.8 Å². The van der Waals surface area contributed by atoms with Gasteiger partial charge in [-0.3, -0.25) is 10.2 Å². The zero-order chi connectivity index (χ0) is 16.6. The van der Waals surface area contributed by atoms with Crippen LogP contribution in [0.2, 0.25) is 0 Å². The minimum absolute atomic E-state index is 0.0689. The molecule has 0 atom stereocenters. The van der Waals surface area contributed by atoms with E-state index < -0.39 is 5.97 Å². The highest BCUT2D eigenvalue weighted by Gasteiger charge is 2.23. The Morgan fingerprint density at radius 3 is 2.61 bits per heavy atom. The molecule has 3 rings (SSSR count). The van der Waals surface area contributed by atoms with Crippen LogP contribution in [0.15, 0.2) is 45.6 Å². The first-order valence-electron chi connectivity index (χ1n) is 6.92. The lowest BCUT2D eigenvalue weighted by atomic mass is 9.97. The monoisotopic (exact) mass is 310 g/mol. The number of aryl methyl sites for hydroxylation is 1. The minimum atomic E-state index is -0.723. The van der Waals surface area contributed by atoms with E-state index in [1.807, 2.05) is 6.07 Å². The molecule has 0 radical (unpaired) electrons. The van der Waals surface area contributed by atoms with E-state index in [1.165, 1.54) is 7.11 Å². The number of ether oxygens (including phenoxy) is 1. The molecular formula is C17H14N2O4. The van der Waals surface area contributed by atoms with Crippen LogP contribution in [-0.4, -0.2) is 18.1 Å². The molecule has 23 heavy (non-hydrogen) atoms. The average molecular weight is 310 g/mol. The van der Waals surface area contributed by atoms with Crippen LogP contribution >= 0.6 is 0 Å². The van der Waals surface area contributed by atoms with Crippen molar-refractivity contribution in [1.29, 1.82) is 5.41 Å². The predicted octanol–water partition coefficient (Wildman–Crippen LogP) is 2.36. The number of H-pyrrole nitrogens is 1. The zero-order valence-corrected chi connectivity index (χ0v) is 12.6. The lowest BCUT2D eigenvalue weighted by Gasteiger charge is -2.11. The molecule has 0 saturated carbocycles. The summed E-state index contributed by atoms with van der Waals surface area (Å²) in [5, 5.41) is 8.26. The van der Waals surface area contributed by atoms with Gasteiger partial charge in [-0.2, -0.15) is 0 Å². The summed E-state index contributed by atoms with van der Waals surface area (Å²) < 4.78 is 10.1. The Balaban J connectivity index is 2.58. The van der Waals surface area contributed by atoms with Gasteiger partial charge in [0.15, 0.2) is 0 Å². The van der Waals surface area contributed by atoms with E-state index >= 15 is 0 Å². The molecule has 3 aromatic rings. The number of hydrogen-bond acceptors (Lipinski definition) is 5. The summed E-state index contributed by atoms with van der Waals surface area (Å²) in [6.45, 7) is 1.72. The number of carbonyl (C=O) groups is 1. The fourth-order valence-electron chi connectivity index (χ4n) is 2.57. The SMILES string of the molecule is COC(=O)c1c(-c2ccccc2)c2c(=O)[nH]c(C)cc2oc1=N. The highest BCUT2D eigenvalue weighted by atomic mass is 16.5. The lowest BCUT2D eigenvalue weighted by Crippen LogP contribution is -2.20. The van der Waals surface area contributed by atoms with E-state index in [1.54, 1.807) is 37.3 Å². The molecule has 0 unspecified atom stereocenters. The van der Waals surface area contributed by atoms with Gasteiger partial charge >= 0.3 is 5.97 Å². The first kappa shape index (κ1) is 14.8. The third kappa shape index (κ3) is 2.44. The van der Waals surface area contributed by atoms with Gasteiger partial charge in [0, 0.05) is 17.3 Å². The quantitative estimate of drug-likeness (QED) is 0.710. The highest BCUT2D eigenvalue weighted by Crippen LogP contribution is 2.28. The van der Waals surface area contributed by atoms with Gasteiger partial charge in [-0.15, -0.1) is 0 Å². The van der Waals surface area contributed by atoms with Crippen LogP contribution in [-0.2, 0) is 4.74 Å². The van der Waals surface area contributed by atoms with E-state index in [-0.39, 0.29) is 27.6 Å². The summed E-state index contributed by atoms with van der Waals surface area (Å²) >= 11 is 0. The zero-order valence-electron chi connectivity index (χ0n) is 12.6. The normalized spacial score (nSPS) is 10.7. The number of fused-ring (bicyclic) bond motifs is 1. The van der Waals surface area contributed by atoms with Crippen molar-refractivity contribution in [2.45, 2.75) is 6.92 Å². The third-order valence-electron chi connectivity index (χ3n) is 3.52. The number of pyridine rings is 1. The Kier molecular flexibility index (Phi) is 3.57. The third-order valence-corrected chi connectivity index (χ3v) is 3.52. The average Bonchev–Trinajstić information content (AvgIpc) is 2.53. The molecule has 6 heteroatoms. The van der Waals surface area contributed by atoms with Crippen molar-refractivity contribution in [3.63, 3.8) is 0 Å². The molecule has 0 fully saturated rings. The maximum Gasteiger partial charge on any atom is 0.344 e. The Bertz CT molecular complexity index is 1020. The summed E-state index contributed by atoms with van der Waals surface area (Å²) in [7, 11) is 1.22. The maximum atomic E-state index is 12.4. The summed E-state index contributed by atoms with van der Waals surface area (Å²) in [5.74, 6) is -0.723. The summed E-state index contributed by atoms with van der Waals surface area (Å²) in [5.41, 5.74) is 1.04. The molecule has 0 amide bonds. The number of methoxy groups -OCH3 is 1. The number of esters is 1. The number of hydrogen-bond donors (Lipinski definition) is 2. The fraction of sp³-hybridized carbons (Fsp3) is 0.118. The van der Waals surface area contributed by atoms with Crippen LogP contribution in [0, 0.1) is 12.3 Å². The van der Waals surface area contributed by atoms with Crippen molar-refractivity contribution in [3.05, 3.63) is 63.6 Å². The molecule has 0 aliphatic rings. The largest absolute Gasteiger partial charge is 0.465 e. The fourth-order valence-corrected chi connectivity index (χ4v) is 2.57. The molecule has 116 valence electrons. The van der Waals surface area contributed by atoms with E-state index in [9.17, 15) is 9.59 Å². The van der Waals surface area contributed by atoms with Crippen molar-refractivity contribution in [1.82, 2.24) is 4.98 Å². The minimum Gasteiger partial charge on any atom is -0.465 e. The van der Waals surface area contributed by atoms with Gasteiger partial charge in [0.1, 0.15) is 11.1 Å². The summed E-state index contributed by atoms with van der Waals surface area (Å²) in [4.78, 5) is 27.3. The van der Waals surface area contributed by atoms with Crippen LogP contribution in [0.5, 0.6) is 0 Å². The molecule has 2 aromatic heterocycles. The number of aromatic amines is 1. The number of benzene rings is 1. The number of aromatic nitrogens is 1. The van der Waals surface area contributed by atoms with Crippen molar-refractivity contribution >= 4 is 16.9 Å². The molecule has 0 bridgehead atoms. The molecule has 2 N–H and O–H groups in total. The molecule has 0 spiro atoms. The summed E-state index contributed by atoms with van der Waals surface area (Å²) in [6, 6.07) is 10.6. The Hall–Kier alpha value is -3.15. The summed E-state index contributed by atoms with van der Waals surface area (Å²) in [6.07, 6.45) is 0. The molecule has 6 nitrogen and oxygen atoms in total. The predicted molar refractivity (Wildman–Crippen MR) is 84.2 cm³/mol. The first-order chi connectivity index (χ1) is 11.0. The Labute approximate surface area is 130 Å². The number of rotatable bonds is 2. The molecule has 0 saturated heterocycles. The van der Waals surface area contributed by atoms with Gasteiger partial charge in [-0.25, -0.2) is 4.79 Å². The van der Waals surface area contributed by atoms with Gasteiger partial charge in [-0.05, 0) is 12.5 Å². The second-order valence-corrected chi connectivity index (χ2v) is 5.06. The van der Waals surface area contributed by atoms with E-state index in [4.69, 9.17) is 14.6 Å². The highest BCUT2D eigenvalue weighted by molar-refractivity contribution is 6.05. The molecule has 1 aromatic carbocycles. The lowest BCUT2D eigenvalue weighted by molar-refractivity contribution is 0.0596. The smallest absolute Gasteiger partial charge is 0.344 e. The molecule has 0 aliphatic heterocycles. The van der Waals surface area contributed by atoms with Gasteiger partial charge < -0.3 is 14.1 Å². The second-order valence-electron chi connectivity index (χ2n) is 5.06. The molecule has 2 heterocycles. The van der Waals surface area contributed by atoms with Crippen molar-refractivity contribution in [2.75, 3.05) is 7.11 Å². The number of carbonyl (C=O) groups excluding carboxylic acids is 1. The van der Waals surface area contributed by atoms with E-state index in [2.05, 4.69) is 4.98 Å². The van der Waals surface area contributed by atoms with Gasteiger partial charge in [0.25, 0.3) is 5.56 Å². The van der Waals surface area contributed by atoms with E-state index in [0.717, 1.165) is 0 Å². The standard InChI is InChI=1S/C17H14N2O4/c1-9-8-11-13(16(20)19-9)12(10-6-4-3-5-7-10)14(15(18)23-11)17(21)22-2/h3-8,18H,1-2H3,(H,19,20). The van der Waals surface area contributed by atoms with Gasteiger partial charge in [-0.1, -0.05) is 30.3 Å². The molecular weight excluding hydrogens is 296 g/mol. The number of nitrogens with one attached hydrogen (secondary N) is 2. The van der Waals surface area contributed by atoms with Crippen molar-refractivity contribution < 1.29 is 13.9 Å². The van der Waals surface area contributed by atoms with Crippen LogP contribution in [0.3, 0.4) is 0 Å². The van der Waals surface area contributed by atoms with Crippen molar-refractivity contribution in [2.24, 2.45) is 0 Å². The topological polar surface area (TPSA) is 96.2 Å². The van der Waals surface area contributed by atoms with Crippen LogP contribution in [0.25, 0.3) is 22.1 Å². The van der Waals surface area contributed by atoms with Crippen LogP contribution in [0.4, 0.5) is 0 Å². The van der Waals surface area contributed by atoms with Crippen molar-refractivity contribution in [3.8, 4) is 11.1 Å². The Morgan fingerprint density at radius 1 is 1.26 bits per heavy atom. The Morgan fingerprint density at radius 2 is 1.96 bits per heavy atom. The molecule has 0 aliphatic carbocycles. The van der Waals surface area contributed by atoms with Crippen LogP contribution in [0.1, 0.15) is 16.1 Å². The maximum absolute atomic E-state index is 12.4. The van der Waals surface area contributed by atoms with Crippen LogP contribution < -0.4 is 11.1 Å². The second kappa shape index (κ2) is 5.57. The van der Waals surface area contributed by atoms with Gasteiger partial charge in [0.05, 0.1) is 12.5 Å².